The van der Waals surface area contributed by atoms with Crippen LogP contribution in [-0.4, -0.2) is 65.4 Å². The van der Waals surface area contributed by atoms with Crippen LogP contribution < -0.4 is 5.32 Å². The number of hydrogen-bond acceptors (Lipinski definition) is 6. The number of pyridine rings is 1. The molecule has 1 fully saturated rings. The fraction of sp³-hybridized carbons (Fsp3) is 0.364. The number of carbonyl (C=O) groups excluding carboxylic acids is 1. The van der Waals surface area contributed by atoms with E-state index in [2.05, 4.69) is 16.4 Å². The molecule has 11 heteroatoms. The molecule has 33 heavy (non-hydrogen) atoms. The fourth-order valence-corrected chi connectivity index (χ4v) is 3.78. The maximum Gasteiger partial charge on any atom is 0.490 e. The first-order chi connectivity index (χ1) is 15.6. The molecule has 1 aromatic heterocycles. The number of aromatic nitrogens is 1. The molecule has 0 spiro atoms. The first-order valence-corrected chi connectivity index (χ1v) is 9.97. The summed E-state index contributed by atoms with van der Waals surface area (Å²) < 4.78 is 36.9. The molecule has 1 saturated heterocycles. The molecule has 0 bridgehead atoms. The molecule has 0 radical (unpaired) electrons. The number of nitrogens with zero attached hydrogens (tertiary/aromatic N) is 3. The van der Waals surface area contributed by atoms with Crippen LogP contribution in [0.25, 0.3) is 11.1 Å². The topological polar surface area (TPSA) is 116 Å². The Hall–Kier alpha value is -3.49. The first kappa shape index (κ1) is 24.2. The summed E-state index contributed by atoms with van der Waals surface area (Å²) in [7, 11) is 1.69. The predicted molar refractivity (Wildman–Crippen MR) is 110 cm³/mol. The Morgan fingerprint density at radius 3 is 2.73 bits per heavy atom. The molecule has 0 saturated carbocycles. The van der Waals surface area contributed by atoms with Crippen molar-refractivity contribution in [1.29, 1.82) is 5.26 Å². The summed E-state index contributed by atoms with van der Waals surface area (Å²) in [5, 5.41) is 19.6. The molecule has 2 atom stereocenters. The zero-order valence-electron chi connectivity index (χ0n) is 17.6. The summed E-state index contributed by atoms with van der Waals surface area (Å²) in [5.41, 5.74) is 3.84. The number of methoxy groups -OCH3 is 1. The fourth-order valence-electron chi connectivity index (χ4n) is 3.78. The SMILES string of the molecule is COC[C@@H]1C[C@@H](N2Cc3ncc(-c4cccc(C#N)c4)cc3C2=O)CN1.O=C(O)C(F)(F)F. The quantitative estimate of drug-likeness (QED) is 0.718. The summed E-state index contributed by atoms with van der Waals surface area (Å²) in [6.45, 7) is 1.99. The van der Waals surface area contributed by atoms with Crippen LogP contribution in [0.2, 0.25) is 0 Å². The van der Waals surface area contributed by atoms with Crippen LogP contribution in [0.4, 0.5) is 13.2 Å². The molecular weight excluding hydrogens is 441 g/mol. The van der Waals surface area contributed by atoms with E-state index in [0.29, 0.717) is 30.3 Å². The third-order valence-corrected chi connectivity index (χ3v) is 5.36. The molecule has 3 heterocycles. The number of amides is 1. The number of carboxylic acids is 1. The lowest BCUT2D eigenvalue weighted by molar-refractivity contribution is -0.192. The summed E-state index contributed by atoms with van der Waals surface area (Å²) in [6, 6.07) is 11.9. The van der Waals surface area contributed by atoms with E-state index < -0.39 is 12.1 Å². The Morgan fingerprint density at radius 1 is 1.36 bits per heavy atom. The van der Waals surface area contributed by atoms with E-state index in [1.165, 1.54) is 0 Å². The lowest BCUT2D eigenvalue weighted by Crippen LogP contribution is -2.36. The number of benzene rings is 1. The number of nitrogens with one attached hydrogen (secondary N) is 1. The highest BCUT2D eigenvalue weighted by Gasteiger charge is 2.38. The molecular formula is C22H21F3N4O4. The third kappa shape index (κ3) is 5.66. The number of halogens is 3. The smallest absolute Gasteiger partial charge is 0.475 e. The van der Waals surface area contributed by atoms with Crippen molar-refractivity contribution in [2.24, 2.45) is 0 Å². The van der Waals surface area contributed by atoms with Crippen molar-refractivity contribution >= 4 is 11.9 Å². The number of carboxylic acid groups (broad SMARTS) is 1. The standard InChI is InChI=1S/C20H20N4O2.C2HF3O2/c1-26-12-16-7-17(10-22-16)24-11-19-18(20(24)25)6-15(9-23-19)14-4-2-3-13(5-14)8-21;3-2(4,5)1(6)7/h2-6,9,16-17,22H,7,10-12H2,1H3;(H,6,7)/t16-,17+;/m0./s1. The number of aliphatic carboxylic acids is 1. The van der Waals surface area contributed by atoms with Gasteiger partial charge in [-0.25, -0.2) is 4.79 Å². The molecule has 2 aliphatic heterocycles. The van der Waals surface area contributed by atoms with Gasteiger partial charge in [-0.05, 0) is 30.2 Å². The van der Waals surface area contributed by atoms with Gasteiger partial charge in [-0.15, -0.1) is 0 Å². The average Bonchev–Trinajstić information content (AvgIpc) is 3.38. The second kappa shape index (κ2) is 9.97. The minimum Gasteiger partial charge on any atom is -0.475 e. The van der Waals surface area contributed by atoms with Crippen LogP contribution in [0.3, 0.4) is 0 Å². The van der Waals surface area contributed by atoms with Crippen LogP contribution >= 0.6 is 0 Å². The van der Waals surface area contributed by atoms with Gasteiger partial charge in [-0.3, -0.25) is 9.78 Å². The van der Waals surface area contributed by atoms with Crippen molar-refractivity contribution in [3.63, 3.8) is 0 Å². The second-order valence-corrected chi connectivity index (χ2v) is 7.60. The van der Waals surface area contributed by atoms with Crippen molar-refractivity contribution in [3.8, 4) is 17.2 Å². The Bertz CT molecular complexity index is 1080. The Morgan fingerprint density at radius 2 is 2.09 bits per heavy atom. The molecule has 8 nitrogen and oxygen atoms in total. The molecule has 0 aliphatic carbocycles. The minimum absolute atomic E-state index is 0.0376. The van der Waals surface area contributed by atoms with Gasteiger partial charge >= 0.3 is 12.1 Å². The molecule has 2 aromatic rings. The molecule has 1 aromatic carbocycles. The number of alkyl halides is 3. The Kier molecular flexibility index (Phi) is 7.30. The van der Waals surface area contributed by atoms with Crippen LogP contribution in [0.1, 0.15) is 28.0 Å². The van der Waals surface area contributed by atoms with E-state index in [-0.39, 0.29) is 11.9 Å². The van der Waals surface area contributed by atoms with Gasteiger partial charge < -0.3 is 20.1 Å². The van der Waals surface area contributed by atoms with Crippen LogP contribution in [0.5, 0.6) is 0 Å². The monoisotopic (exact) mass is 462 g/mol. The van der Waals surface area contributed by atoms with Crippen molar-refractivity contribution < 1.29 is 32.6 Å². The van der Waals surface area contributed by atoms with Gasteiger partial charge in [0.15, 0.2) is 0 Å². The molecule has 2 aliphatic rings. The van der Waals surface area contributed by atoms with Gasteiger partial charge in [-0.1, -0.05) is 12.1 Å². The first-order valence-electron chi connectivity index (χ1n) is 9.97. The summed E-state index contributed by atoms with van der Waals surface area (Å²) in [4.78, 5) is 28.3. The summed E-state index contributed by atoms with van der Waals surface area (Å²) >= 11 is 0. The number of nitriles is 1. The maximum atomic E-state index is 12.9. The van der Waals surface area contributed by atoms with Gasteiger partial charge in [0.05, 0.1) is 36.0 Å². The number of ether oxygens (including phenoxy) is 1. The molecule has 174 valence electrons. The molecule has 1 amide bonds. The molecule has 2 N–H and O–H groups in total. The van der Waals surface area contributed by atoms with Crippen LogP contribution in [0.15, 0.2) is 36.5 Å². The lowest BCUT2D eigenvalue weighted by atomic mass is 10.0. The van der Waals surface area contributed by atoms with Gasteiger partial charge in [0.1, 0.15) is 0 Å². The van der Waals surface area contributed by atoms with E-state index in [0.717, 1.165) is 29.8 Å². The Labute approximate surface area is 187 Å². The van der Waals surface area contributed by atoms with Crippen LogP contribution in [-0.2, 0) is 16.1 Å². The second-order valence-electron chi connectivity index (χ2n) is 7.60. The van der Waals surface area contributed by atoms with Crippen molar-refractivity contribution in [1.82, 2.24) is 15.2 Å². The number of hydrogen-bond donors (Lipinski definition) is 2. The number of carbonyl (C=O) groups is 2. The highest BCUT2D eigenvalue weighted by Crippen LogP contribution is 2.30. The van der Waals surface area contributed by atoms with Gasteiger partial charge in [-0.2, -0.15) is 18.4 Å². The highest BCUT2D eigenvalue weighted by molar-refractivity contribution is 5.99. The minimum atomic E-state index is -5.08. The lowest BCUT2D eigenvalue weighted by Gasteiger charge is -2.22. The van der Waals surface area contributed by atoms with E-state index in [9.17, 15) is 18.0 Å². The average molecular weight is 462 g/mol. The zero-order chi connectivity index (χ0) is 24.2. The van der Waals surface area contributed by atoms with Crippen molar-refractivity contribution in [2.45, 2.75) is 31.2 Å². The number of rotatable bonds is 4. The molecule has 0 unspecified atom stereocenters. The van der Waals surface area contributed by atoms with E-state index in [1.54, 1.807) is 19.4 Å². The third-order valence-electron chi connectivity index (χ3n) is 5.36. The summed E-state index contributed by atoms with van der Waals surface area (Å²) in [5.74, 6) is -2.72. The van der Waals surface area contributed by atoms with Gasteiger partial charge in [0, 0.05) is 37.5 Å². The summed E-state index contributed by atoms with van der Waals surface area (Å²) in [6.07, 6.45) is -2.41. The maximum absolute atomic E-state index is 12.9. The predicted octanol–water partition coefficient (Wildman–Crippen LogP) is 2.59. The zero-order valence-corrected chi connectivity index (χ0v) is 17.6. The van der Waals surface area contributed by atoms with E-state index in [1.807, 2.05) is 29.2 Å². The number of fused-ring (bicyclic) bond motifs is 1. The van der Waals surface area contributed by atoms with Gasteiger partial charge in [0.2, 0.25) is 0 Å². The van der Waals surface area contributed by atoms with E-state index in [4.69, 9.17) is 19.9 Å². The Balaban J connectivity index is 0.000000383. The van der Waals surface area contributed by atoms with Gasteiger partial charge in [0.25, 0.3) is 5.91 Å². The molecule has 4 rings (SSSR count). The van der Waals surface area contributed by atoms with Crippen molar-refractivity contribution in [3.05, 3.63) is 53.3 Å². The van der Waals surface area contributed by atoms with Crippen LogP contribution in [0, 0.1) is 11.3 Å². The largest absolute Gasteiger partial charge is 0.490 e. The van der Waals surface area contributed by atoms with E-state index >= 15 is 0 Å². The van der Waals surface area contributed by atoms with Crippen molar-refractivity contribution in [2.75, 3.05) is 20.3 Å². The normalized spacial score (nSPS) is 19.5. The highest BCUT2D eigenvalue weighted by atomic mass is 19.4.